The van der Waals surface area contributed by atoms with Gasteiger partial charge in [-0.15, -0.1) is 0 Å². The monoisotopic (exact) mass is 290 g/mol. The molecule has 0 amide bonds. The first-order valence-electron chi connectivity index (χ1n) is 8.01. The first kappa shape index (κ1) is 17.7. The van der Waals surface area contributed by atoms with Gasteiger partial charge in [0.1, 0.15) is 12.4 Å². The third kappa shape index (κ3) is 6.32. The van der Waals surface area contributed by atoms with Crippen LogP contribution in [-0.2, 0) is 6.54 Å². The van der Waals surface area contributed by atoms with Crippen molar-refractivity contribution in [2.75, 3.05) is 39.3 Å². The Hall–Kier alpha value is -1.32. The van der Waals surface area contributed by atoms with E-state index in [2.05, 4.69) is 49.3 Å². The minimum atomic E-state index is 0.558. The summed E-state index contributed by atoms with van der Waals surface area (Å²) in [6.45, 7) is 17.4. The summed E-state index contributed by atoms with van der Waals surface area (Å²) in [6, 6.07) is 8.29. The molecule has 1 rings (SSSR count). The Balaban J connectivity index is 2.61. The summed E-state index contributed by atoms with van der Waals surface area (Å²) in [4.78, 5) is 4.93. The van der Waals surface area contributed by atoms with E-state index in [-0.39, 0.29) is 0 Å². The molecule has 1 aromatic carbocycles. The fraction of sp³-hybridized carbons (Fsp3) is 0.556. The average Bonchev–Trinajstić information content (AvgIpc) is 2.53. The predicted octanol–water partition coefficient (Wildman–Crippen LogP) is 3.42. The lowest BCUT2D eigenvalue weighted by Gasteiger charge is -2.26. The SMILES string of the molecule is C=CCOc1ccccc1CN(CC)CCN(CC)CC. The number of rotatable bonds is 11. The quantitative estimate of drug-likeness (QED) is 0.581. The van der Waals surface area contributed by atoms with Gasteiger partial charge in [0.05, 0.1) is 0 Å². The molecule has 0 unspecified atom stereocenters. The maximum Gasteiger partial charge on any atom is 0.124 e. The van der Waals surface area contributed by atoms with Gasteiger partial charge in [0.25, 0.3) is 0 Å². The molecule has 21 heavy (non-hydrogen) atoms. The lowest BCUT2D eigenvalue weighted by molar-refractivity contribution is 0.213. The van der Waals surface area contributed by atoms with Crippen molar-refractivity contribution in [3.63, 3.8) is 0 Å². The van der Waals surface area contributed by atoms with Crippen molar-refractivity contribution in [2.24, 2.45) is 0 Å². The number of nitrogens with zero attached hydrogens (tertiary/aromatic N) is 2. The second kappa shape index (κ2) is 10.4. The van der Waals surface area contributed by atoms with Crippen LogP contribution in [0.15, 0.2) is 36.9 Å². The molecular formula is C18H30N2O. The Bertz CT molecular complexity index is 402. The van der Waals surface area contributed by atoms with E-state index in [0.29, 0.717) is 6.61 Å². The summed E-state index contributed by atoms with van der Waals surface area (Å²) in [5, 5.41) is 0. The van der Waals surface area contributed by atoms with Gasteiger partial charge in [-0.1, -0.05) is 51.6 Å². The van der Waals surface area contributed by atoms with E-state index >= 15 is 0 Å². The van der Waals surface area contributed by atoms with E-state index in [1.54, 1.807) is 6.08 Å². The molecule has 118 valence electrons. The maximum absolute atomic E-state index is 5.74. The Morgan fingerprint density at radius 1 is 1.00 bits per heavy atom. The van der Waals surface area contributed by atoms with Crippen LogP contribution >= 0.6 is 0 Å². The molecule has 0 saturated heterocycles. The fourth-order valence-corrected chi connectivity index (χ4v) is 2.34. The van der Waals surface area contributed by atoms with E-state index in [4.69, 9.17) is 4.74 Å². The molecule has 0 spiro atoms. The summed E-state index contributed by atoms with van der Waals surface area (Å²) in [6.07, 6.45) is 1.79. The molecular weight excluding hydrogens is 260 g/mol. The maximum atomic E-state index is 5.74. The van der Waals surface area contributed by atoms with Crippen molar-refractivity contribution in [1.29, 1.82) is 0 Å². The zero-order valence-electron chi connectivity index (χ0n) is 13.8. The molecule has 1 aromatic rings. The molecule has 0 aliphatic carbocycles. The number of para-hydroxylation sites is 1. The highest BCUT2D eigenvalue weighted by Gasteiger charge is 2.09. The van der Waals surface area contributed by atoms with Crippen LogP contribution in [-0.4, -0.2) is 49.1 Å². The zero-order chi connectivity index (χ0) is 15.5. The molecule has 0 saturated carbocycles. The van der Waals surface area contributed by atoms with Crippen LogP contribution in [0.25, 0.3) is 0 Å². The van der Waals surface area contributed by atoms with Crippen LogP contribution in [0.2, 0.25) is 0 Å². The molecule has 0 fully saturated rings. The van der Waals surface area contributed by atoms with Gasteiger partial charge in [-0.2, -0.15) is 0 Å². The van der Waals surface area contributed by atoms with Crippen LogP contribution in [0, 0.1) is 0 Å². The second-order valence-corrected chi connectivity index (χ2v) is 5.10. The Labute approximate surface area is 130 Å². The molecule has 0 aliphatic heterocycles. The van der Waals surface area contributed by atoms with Crippen molar-refractivity contribution in [2.45, 2.75) is 27.3 Å². The topological polar surface area (TPSA) is 15.7 Å². The third-order valence-corrected chi connectivity index (χ3v) is 3.80. The molecule has 0 N–H and O–H groups in total. The van der Waals surface area contributed by atoms with Crippen molar-refractivity contribution in [3.05, 3.63) is 42.5 Å². The number of hydrogen-bond acceptors (Lipinski definition) is 3. The molecule has 0 heterocycles. The summed E-state index contributed by atoms with van der Waals surface area (Å²) in [5.74, 6) is 0.971. The zero-order valence-corrected chi connectivity index (χ0v) is 13.8. The number of benzene rings is 1. The van der Waals surface area contributed by atoms with Crippen LogP contribution in [0.5, 0.6) is 5.75 Å². The lowest BCUT2D eigenvalue weighted by Crippen LogP contribution is -2.34. The number of hydrogen-bond donors (Lipinski definition) is 0. The number of likely N-dealkylation sites (N-methyl/N-ethyl adjacent to an activating group) is 2. The van der Waals surface area contributed by atoms with E-state index in [0.717, 1.165) is 45.0 Å². The van der Waals surface area contributed by atoms with Crippen molar-refractivity contribution < 1.29 is 4.74 Å². The second-order valence-electron chi connectivity index (χ2n) is 5.10. The van der Waals surface area contributed by atoms with Gasteiger partial charge >= 0.3 is 0 Å². The molecule has 3 heteroatoms. The predicted molar refractivity (Wildman–Crippen MR) is 90.9 cm³/mol. The Morgan fingerprint density at radius 2 is 1.62 bits per heavy atom. The first-order valence-corrected chi connectivity index (χ1v) is 8.01. The number of ether oxygens (including phenoxy) is 1. The van der Waals surface area contributed by atoms with E-state index in [1.165, 1.54) is 5.56 Å². The lowest BCUT2D eigenvalue weighted by atomic mass is 10.2. The Kier molecular flexibility index (Phi) is 8.79. The van der Waals surface area contributed by atoms with Crippen LogP contribution in [0.4, 0.5) is 0 Å². The minimum absolute atomic E-state index is 0.558. The largest absolute Gasteiger partial charge is 0.489 e. The standard InChI is InChI=1S/C18H30N2O/c1-5-15-21-18-12-10-9-11-17(18)16-20(8-4)14-13-19(6-2)7-3/h5,9-12H,1,6-8,13-16H2,2-4H3. The summed E-state index contributed by atoms with van der Waals surface area (Å²) in [5.41, 5.74) is 1.25. The van der Waals surface area contributed by atoms with Gasteiger partial charge in [-0.3, -0.25) is 4.90 Å². The molecule has 0 atom stereocenters. The highest BCUT2D eigenvalue weighted by molar-refractivity contribution is 5.33. The first-order chi connectivity index (χ1) is 10.2. The van der Waals surface area contributed by atoms with Gasteiger partial charge in [0, 0.05) is 25.2 Å². The van der Waals surface area contributed by atoms with Crippen molar-refractivity contribution in [3.8, 4) is 5.75 Å². The summed E-state index contributed by atoms with van der Waals surface area (Å²) < 4.78 is 5.74. The molecule has 3 nitrogen and oxygen atoms in total. The van der Waals surface area contributed by atoms with Gasteiger partial charge in [0.2, 0.25) is 0 Å². The van der Waals surface area contributed by atoms with Crippen LogP contribution in [0.1, 0.15) is 26.3 Å². The molecule has 0 radical (unpaired) electrons. The smallest absolute Gasteiger partial charge is 0.124 e. The van der Waals surface area contributed by atoms with Gasteiger partial charge in [-0.05, 0) is 25.7 Å². The van der Waals surface area contributed by atoms with Crippen LogP contribution in [0.3, 0.4) is 0 Å². The highest BCUT2D eigenvalue weighted by atomic mass is 16.5. The van der Waals surface area contributed by atoms with E-state index in [1.807, 2.05) is 12.1 Å². The van der Waals surface area contributed by atoms with Crippen molar-refractivity contribution in [1.82, 2.24) is 9.80 Å². The molecule has 0 aromatic heterocycles. The van der Waals surface area contributed by atoms with Crippen LogP contribution < -0.4 is 4.74 Å². The molecule has 0 aliphatic rings. The van der Waals surface area contributed by atoms with Crippen molar-refractivity contribution >= 4 is 0 Å². The average molecular weight is 290 g/mol. The normalized spacial score (nSPS) is 11.1. The summed E-state index contributed by atoms with van der Waals surface area (Å²) in [7, 11) is 0. The fourth-order valence-electron chi connectivity index (χ4n) is 2.34. The minimum Gasteiger partial charge on any atom is -0.489 e. The van der Waals surface area contributed by atoms with E-state index < -0.39 is 0 Å². The third-order valence-electron chi connectivity index (χ3n) is 3.80. The van der Waals surface area contributed by atoms with Gasteiger partial charge < -0.3 is 9.64 Å². The Morgan fingerprint density at radius 3 is 2.24 bits per heavy atom. The highest BCUT2D eigenvalue weighted by Crippen LogP contribution is 2.19. The molecule has 0 bridgehead atoms. The van der Waals surface area contributed by atoms with Gasteiger partial charge in [-0.25, -0.2) is 0 Å². The summed E-state index contributed by atoms with van der Waals surface area (Å²) >= 11 is 0. The van der Waals surface area contributed by atoms with E-state index in [9.17, 15) is 0 Å². The van der Waals surface area contributed by atoms with Gasteiger partial charge in [0.15, 0.2) is 0 Å².